The molecular formula is C22H21N5O3S. The number of pyridine rings is 1. The molecule has 0 radical (unpaired) electrons. The van der Waals surface area contributed by atoms with Gasteiger partial charge in [0.1, 0.15) is 22.9 Å². The molecule has 0 bridgehead atoms. The number of amides is 2. The Kier molecular flexibility index (Phi) is 6.03. The molecule has 0 spiro atoms. The lowest BCUT2D eigenvalue weighted by Crippen LogP contribution is -2.25. The summed E-state index contributed by atoms with van der Waals surface area (Å²) in [7, 11) is 0. The van der Waals surface area contributed by atoms with Crippen LogP contribution in [0.1, 0.15) is 12.7 Å². The van der Waals surface area contributed by atoms with Gasteiger partial charge in [-0.15, -0.1) is 11.8 Å². The fourth-order valence-electron chi connectivity index (χ4n) is 3.01. The number of nitrogens with zero attached hydrogens (tertiary/aromatic N) is 3. The van der Waals surface area contributed by atoms with Crippen molar-refractivity contribution in [2.24, 2.45) is 0 Å². The molecule has 1 unspecified atom stereocenters. The summed E-state index contributed by atoms with van der Waals surface area (Å²) in [4.78, 5) is 29.7. The van der Waals surface area contributed by atoms with Gasteiger partial charge in [0.05, 0.1) is 11.0 Å². The van der Waals surface area contributed by atoms with Crippen molar-refractivity contribution < 1.29 is 14.1 Å². The highest BCUT2D eigenvalue weighted by Gasteiger charge is 2.19. The normalized spacial score (nSPS) is 11.9. The van der Waals surface area contributed by atoms with E-state index in [4.69, 9.17) is 4.52 Å². The second-order valence-electron chi connectivity index (χ2n) is 6.92. The van der Waals surface area contributed by atoms with Crippen LogP contribution in [0.5, 0.6) is 0 Å². The third kappa shape index (κ3) is 4.77. The van der Waals surface area contributed by atoms with Crippen molar-refractivity contribution in [1.29, 1.82) is 0 Å². The minimum Gasteiger partial charge on any atom is -0.360 e. The van der Waals surface area contributed by atoms with Crippen molar-refractivity contribution in [2.75, 3.05) is 16.4 Å². The Morgan fingerprint density at radius 2 is 1.90 bits per heavy atom. The molecule has 2 N–H and O–H groups in total. The summed E-state index contributed by atoms with van der Waals surface area (Å²) >= 11 is 1.24. The van der Waals surface area contributed by atoms with Crippen molar-refractivity contribution in [3.05, 3.63) is 66.6 Å². The molecule has 0 aliphatic heterocycles. The Morgan fingerprint density at radius 3 is 2.65 bits per heavy atom. The van der Waals surface area contributed by atoms with Gasteiger partial charge in [0.15, 0.2) is 5.82 Å². The molecule has 3 aromatic heterocycles. The molecule has 0 aliphatic carbocycles. The number of anilines is 2. The summed E-state index contributed by atoms with van der Waals surface area (Å²) in [6.45, 7) is 3.48. The number of hydrogen-bond donors (Lipinski definition) is 2. The molecule has 0 saturated heterocycles. The van der Waals surface area contributed by atoms with Gasteiger partial charge in [-0.25, -0.2) is 4.98 Å². The molecule has 0 aliphatic rings. The van der Waals surface area contributed by atoms with Crippen LogP contribution in [-0.2, 0) is 9.59 Å². The first-order chi connectivity index (χ1) is 15.0. The van der Waals surface area contributed by atoms with Crippen LogP contribution >= 0.6 is 11.8 Å². The van der Waals surface area contributed by atoms with Crippen molar-refractivity contribution >= 4 is 40.9 Å². The van der Waals surface area contributed by atoms with Crippen molar-refractivity contribution in [1.82, 2.24) is 14.5 Å². The summed E-state index contributed by atoms with van der Waals surface area (Å²) in [5.41, 5.74) is 2.34. The van der Waals surface area contributed by atoms with Gasteiger partial charge in [-0.1, -0.05) is 41.6 Å². The smallest absolute Gasteiger partial charge is 0.238 e. The Labute approximate surface area is 183 Å². The molecule has 158 valence electrons. The quantitative estimate of drug-likeness (QED) is 0.455. The van der Waals surface area contributed by atoms with E-state index in [9.17, 15) is 9.59 Å². The highest BCUT2D eigenvalue weighted by atomic mass is 32.2. The molecule has 31 heavy (non-hydrogen) atoms. The van der Waals surface area contributed by atoms with Gasteiger partial charge in [0.25, 0.3) is 0 Å². The first-order valence-corrected chi connectivity index (χ1v) is 10.7. The van der Waals surface area contributed by atoms with Crippen LogP contribution in [0.3, 0.4) is 0 Å². The van der Waals surface area contributed by atoms with Crippen molar-refractivity contribution in [2.45, 2.75) is 19.1 Å². The summed E-state index contributed by atoms with van der Waals surface area (Å²) in [5.74, 6) is 1.22. The van der Waals surface area contributed by atoms with E-state index in [1.54, 1.807) is 19.9 Å². The summed E-state index contributed by atoms with van der Waals surface area (Å²) < 4.78 is 6.78. The van der Waals surface area contributed by atoms with Gasteiger partial charge < -0.3 is 15.2 Å². The van der Waals surface area contributed by atoms with E-state index in [0.29, 0.717) is 23.1 Å². The number of fused-ring (bicyclic) bond motifs is 1. The SMILES string of the molecule is Cc1cc(NC(=O)C(C)SCC(=O)Nc2c(-c3ccccc3)nc3ccccn23)no1. The second-order valence-corrected chi connectivity index (χ2v) is 8.25. The number of aromatic nitrogens is 3. The average molecular weight is 436 g/mol. The van der Waals surface area contributed by atoms with E-state index in [1.807, 2.05) is 59.1 Å². The van der Waals surface area contributed by atoms with E-state index in [1.165, 1.54) is 11.8 Å². The zero-order valence-electron chi connectivity index (χ0n) is 17.0. The van der Waals surface area contributed by atoms with Gasteiger partial charge in [0.2, 0.25) is 11.8 Å². The Morgan fingerprint density at radius 1 is 1.13 bits per heavy atom. The lowest BCUT2D eigenvalue weighted by molar-refractivity contribution is -0.115. The van der Waals surface area contributed by atoms with E-state index >= 15 is 0 Å². The van der Waals surface area contributed by atoms with Crippen LogP contribution in [0.15, 0.2) is 65.3 Å². The van der Waals surface area contributed by atoms with Crippen LogP contribution in [0.25, 0.3) is 16.9 Å². The van der Waals surface area contributed by atoms with Crippen molar-refractivity contribution in [3.63, 3.8) is 0 Å². The molecule has 1 atom stereocenters. The topological polar surface area (TPSA) is 102 Å². The zero-order valence-corrected chi connectivity index (χ0v) is 17.8. The average Bonchev–Trinajstić information content (AvgIpc) is 3.36. The largest absolute Gasteiger partial charge is 0.360 e. The van der Waals surface area contributed by atoms with Crippen LogP contribution in [-0.4, -0.2) is 37.4 Å². The molecular weight excluding hydrogens is 414 g/mol. The van der Waals surface area contributed by atoms with Crippen LogP contribution in [0.2, 0.25) is 0 Å². The first-order valence-electron chi connectivity index (χ1n) is 9.69. The maximum atomic E-state index is 12.7. The molecule has 1 aromatic carbocycles. The number of rotatable bonds is 7. The number of thioether (sulfide) groups is 1. The number of carbonyl (C=O) groups is 2. The van der Waals surface area contributed by atoms with Gasteiger partial charge in [-0.3, -0.25) is 14.0 Å². The second kappa shape index (κ2) is 9.05. The maximum absolute atomic E-state index is 12.7. The fourth-order valence-corrected chi connectivity index (χ4v) is 3.69. The zero-order chi connectivity index (χ0) is 21.8. The monoisotopic (exact) mass is 435 g/mol. The molecule has 4 aromatic rings. The van der Waals surface area contributed by atoms with Gasteiger partial charge in [0, 0.05) is 17.8 Å². The molecule has 9 heteroatoms. The third-order valence-corrected chi connectivity index (χ3v) is 5.69. The Balaban J connectivity index is 1.44. The summed E-state index contributed by atoms with van der Waals surface area (Å²) in [5, 5.41) is 8.94. The molecule has 0 fully saturated rings. The van der Waals surface area contributed by atoms with E-state index in [0.717, 1.165) is 11.2 Å². The Hall–Kier alpha value is -3.59. The molecule has 8 nitrogen and oxygen atoms in total. The molecule has 3 heterocycles. The summed E-state index contributed by atoms with van der Waals surface area (Å²) in [6, 6.07) is 17.0. The number of carbonyl (C=O) groups excluding carboxylic acids is 2. The van der Waals surface area contributed by atoms with Crippen LogP contribution < -0.4 is 10.6 Å². The van der Waals surface area contributed by atoms with Gasteiger partial charge in [-0.05, 0) is 26.0 Å². The standard InChI is InChI=1S/C22H21N5O3S/c1-14-12-17(26-30-14)23-22(29)15(2)31-13-19(28)25-21-20(16-8-4-3-5-9-16)24-18-10-6-7-11-27(18)21/h3-12,15H,13H2,1-2H3,(H,25,28)(H,23,26,29). The minimum atomic E-state index is -0.446. The predicted molar refractivity (Wildman–Crippen MR) is 121 cm³/mol. The predicted octanol–water partition coefficient (Wildman–Crippen LogP) is 4.00. The number of imidazole rings is 1. The number of benzene rings is 1. The van der Waals surface area contributed by atoms with E-state index in [2.05, 4.69) is 20.8 Å². The maximum Gasteiger partial charge on any atom is 0.238 e. The summed E-state index contributed by atoms with van der Waals surface area (Å²) in [6.07, 6.45) is 1.85. The fraction of sp³-hybridized carbons (Fsp3) is 0.182. The molecule has 0 saturated carbocycles. The number of nitrogens with one attached hydrogen (secondary N) is 2. The highest BCUT2D eigenvalue weighted by molar-refractivity contribution is 8.01. The Bertz CT molecular complexity index is 1220. The number of hydrogen-bond acceptors (Lipinski definition) is 6. The molecule has 4 rings (SSSR count). The number of aryl methyl sites for hydroxylation is 1. The first kappa shape index (κ1) is 20.7. The lowest BCUT2D eigenvalue weighted by Gasteiger charge is -2.11. The van der Waals surface area contributed by atoms with Crippen LogP contribution in [0, 0.1) is 6.92 Å². The van der Waals surface area contributed by atoms with E-state index in [-0.39, 0.29) is 17.6 Å². The lowest BCUT2D eigenvalue weighted by atomic mass is 10.1. The van der Waals surface area contributed by atoms with Gasteiger partial charge in [-0.2, -0.15) is 0 Å². The molecule has 2 amide bonds. The van der Waals surface area contributed by atoms with Gasteiger partial charge >= 0.3 is 0 Å². The highest BCUT2D eigenvalue weighted by Crippen LogP contribution is 2.28. The van der Waals surface area contributed by atoms with Crippen LogP contribution in [0.4, 0.5) is 11.6 Å². The van der Waals surface area contributed by atoms with E-state index < -0.39 is 5.25 Å². The minimum absolute atomic E-state index is 0.112. The third-order valence-electron chi connectivity index (χ3n) is 4.55. The van der Waals surface area contributed by atoms with Crippen molar-refractivity contribution in [3.8, 4) is 11.3 Å².